The van der Waals surface area contributed by atoms with Crippen LogP contribution >= 0.6 is 0 Å². The fraction of sp³-hybridized carbons (Fsp3) is 0.273. The van der Waals surface area contributed by atoms with Gasteiger partial charge in [0.25, 0.3) is 6.29 Å². The molecule has 0 fully saturated rings. The molecule has 0 aromatic heterocycles. The summed E-state index contributed by atoms with van der Waals surface area (Å²) in [6, 6.07) is 12.5. The Balaban J connectivity index is 1.55. The minimum atomic E-state index is -1.16. The molecular formula is C22H21BO6. The molecule has 0 saturated carbocycles. The molecule has 1 unspecified atom stereocenters. The van der Waals surface area contributed by atoms with Crippen LogP contribution in [0.3, 0.4) is 0 Å². The van der Waals surface area contributed by atoms with Crippen molar-refractivity contribution in [2.75, 3.05) is 0 Å². The van der Waals surface area contributed by atoms with Crippen molar-refractivity contribution >= 4 is 24.6 Å². The highest BCUT2D eigenvalue weighted by atomic mass is 16.7. The Morgan fingerprint density at radius 1 is 1.24 bits per heavy atom. The van der Waals surface area contributed by atoms with Gasteiger partial charge >= 0.3 is 13.1 Å². The molecule has 2 aromatic carbocycles. The Bertz CT molecular complexity index is 985. The van der Waals surface area contributed by atoms with Gasteiger partial charge in [0, 0.05) is 29.8 Å². The summed E-state index contributed by atoms with van der Waals surface area (Å²) >= 11 is 0. The Kier molecular flexibility index (Phi) is 5.15. The Morgan fingerprint density at radius 2 is 2.03 bits per heavy atom. The Morgan fingerprint density at radius 3 is 2.83 bits per heavy atom. The Hall–Kier alpha value is -3.06. The first-order valence-electron chi connectivity index (χ1n) is 9.62. The van der Waals surface area contributed by atoms with Crippen LogP contribution in [0, 0.1) is 0 Å². The smallest absolute Gasteiger partial charge is 0.526 e. The molecule has 2 aliphatic rings. The third-order valence-electron chi connectivity index (χ3n) is 5.30. The number of fused-ring (bicyclic) bond motifs is 2. The van der Waals surface area contributed by atoms with Crippen LogP contribution in [0.1, 0.15) is 53.1 Å². The van der Waals surface area contributed by atoms with Gasteiger partial charge in [-0.1, -0.05) is 49.9 Å². The lowest BCUT2D eigenvalue weighted by Crippen LogP contribution is -2.35. The van der Waals surface area contributed by atoms with Crippen molar-refractivity contribution in [1.29, 1.82) is 0 Å². The van der Waals surface area contributed by atoms with E-state index >= 15 is 0 Å². The van der Waals surface area contributed by atoms with E-state index in [1.54, 1.807) is 19.1 Å². The lowest BCUT2D eigenvalue weighted by atomic mass is 9.64. The van der Waals surface area contributed by atoms with Gasteiger partial charge < -0.3 is 19.2 Å². The largest absolute Gasteiger partial charge is 0.535 e. The number of hydrogen-bond donors (Lipinski definition) is 1. The van der Waals surface area contributed by atoms with Crippen molar-refractivity contribution in [3.63, 3.8) is 0 Å². The number of benzene rings is 2. The summed E-state index contributed by atoms with van der Waals surface area (Å²) in [6.07, 6.45) is 0.214. The zero-order chi connectivity index (χ0) is 20.5. The van der Waals surface area contributed by atoms with Crippen LogP contribution in [0.15, 0.2) is 49.0 Å². The molecule has 148 valence electrons. The SMILES string of the molecule is C=C1OC(OC(=O)c2cccc3c2OB(O)[C@@H](CC(=O)CC)C3)c2ccccc21. The highest BCUT2D eigenvalue weighted by molar-refractivity contribution is 6.47. The number of para-hydroxylation sites is 1. The normalized spacial score (nSPS) is 19.7. The molecule has 0 bridgehead atoms. The van der Waals surface area contributed by atoms with E-state index in [4.69, 9.17) is 14.1 Å². The molecule has 0 saturated heterocycles. The molecule has 0 amide bonds. The number of ketones is 1. The van der Waals surface area contributed by atoms with E-state index in [0.717, 1.165) is 16.7 Å². The van der Waals surface area contributed by atoms with Crippen molar-refractivity contribution in [2.45, 2.75) is 38.3 Å². The van der Waals surface area contributed by atoms with Crippen LogP contribution in [-0.2, 0) is 20.7 Å². The highest BCUT2D eigenvalue weighted by Gasteiger charge is 2.38. The summed E-state index contributed by atoms with van der Waals surface area (Å²) in [5.41, 5.74) is 2.50. The number of carbonyl (C=O) groups is 2. The van der Waals surface area contributed by atoms with Crippen LogP contribution in [0.4, 0.5) is 0 Å². The Labute approximate surface area is 169 Å². The van der Waals surface area contributed by atoms with Crippen LogP contribution in [0.2, 0.25) is 5.82 Å². The molecule has 0 spiro atoms. The lowest BCUT2D eigenvalue weighted by Gasteiger charge is -2.28. The maximum absolute atomic E-state index is 12.9. The average Bonchev–Trinajstić information content (AvgIpc) is 3.03. The summed E-state index contributed by atoms with van der Waals surface area (Å²) in [5.74, 6) is -0.158. The maximum Gasteiger partial charge on any atom is 0.526 e. The van der Waals surface area contributed by atoms with Crippen molar-refractivity contribution in [2.24, 2.45) is 0 Å². The van der Waals surface area contributed by atoms with Gasteiger partial charge in [-0.15, -0.1) is 0 Å². The van der Waals surface area contributed by atoms with E-state index in [9.17, 15) is 14.6 Å². The number of esters is 1. The van der Waals surface area contributed by atoms with Gasteiger partial charge in [0.15, 0.2) is 0 Å². The van der Waals surface area contributed by atoms with E-state index in [2.05, 4.69) is 6.58 Å². The van der Waals surface area contributed by atoms with Gasteiger partial charge in [-0.05, 0) is 18.1 Å². The molecule has 29 heavy (non-hydrogen) atoms. The summed E-state index contributed by atoms with van der Waals surface area (Å²) in [6.45, 7) is 5.64. The molecule has 7 heteroatoms. The third-order valence-corrected chi connectivity index (χ3v) is 5.30. The lowest BCUT2D eigenvalue weighted by molar-refractivity contribution is -0.118. The van der Waals surface area contributed by atoms with E-state index in [1.807, 2.05) is 30.3 Å². The standard InChI is InChI=1S/C22H21BO6/c1-3-16(24)12-15-11-14-7-6-10-19(20(14)29-23(15)26)21(25)28-22-18-9-5-4-8-17(18)13(2)27-22/h4-10,15,22,26H,2-3,11-12H2,1H3/t15-,22?/m1/s1. The molecule has 6 nitrogen and oxygen atoms in total. The number of rotatable bonds is 5. The third kappa shape index (κ3) is 3.65. The fourth-order valence-electron chi connectivity index (χ4n) is 3.72. The van der Waals surface area contributed by atoms with E-state index in [-0.39, 0.29) is 29.3 Å². The summed E-state index contributed by atoms with van der Waals surface area (Å²) in [7, 11) is -1.16. The minimum Gasteiger partial charge on any atom is -0.535 e. The van der Waals surface area contributed by atoms with Gasteiger partial charge in [-0.2, -0.15) is 0 Å². The number of Topliss-reactive ketones (excluding diaryl/α,β-unsaturated/α-hetero) is 1. The number of hydrogen-bond acceptors (Lipinski definition) is 6. The quantitative estimate of drug-likeness (QED) is 0.617. The monoisotopic (exact) mass is 392 g/mol. The van der Waals surface area contributed by atoms with Gasteiger partial charge in [-0.25, -0.2) is 4.79 Å². The maximum atomic E-state index is 12.9. The summed E-state index contributed by atoms with van der Waals surface area (Å²) in [5, 5.41) is 10.4. The van der Waals surface area contributed by atoms with Crippen molar-refractivity contribution in [3.05, 3.63) is 71.3 Å². The molecular weight excluding hydrogens is 371 g/mol. The molecule has 2 aliphatic heterocycles. The molecule has 0 aliphatic carbocycles. The van der Waals surface area contributed by atoms with E-state index in [0.29, 0.717) is 18.6 Å². The molecule has 0 radical (unpaired) electrons. The first-order chi connectivity index (χ1) is 14.0. The summed E-state index contributed by atoms with van der Waals surface area (Å²) < 4.78 is 16.8. The van der Waals surface area contributed by atoms with Crippen LogP contribution in [0.25, 0.3) is 5.76 Å². The second kappa shape index (κ2) is 7.76. The van der Waals surface area contributed by atoms with Crippen LogP contribution < -0.4 is 4.65 Å². The van der Waals surface area contributed by atoms with Crippen molar-refractivity contribution < 1.29 is 28.7 Å². The first-order valence-corrected chi connectivity index (χ1v) is 9.62. The van der Waals surface area contributed by atoms with E-state index < -0.39 is 19.4 Å². The van der Waals surface area contributed by atoms with Crippen LogP contribution in [0.5, 0.6) is 5.75 Å². The molecule has 2 aromatic rings. The first kappa shape index (κ1) is 19.3. The fourth-order valence-corrected chi connectivity index (χ4v) is 3.72. The molecule has 2 atom stereocenters. The molecule has 1 N–H and O–H groups in total. The van der Waals surface area contributed by atoms with Gasteiger partial charge in [0.1, 0.15) is 22.9 Å². The van der Waals surface area contributed by atoms with Gasteiger partial charge in [0.05, 0.1) is 0 Å². The zero-order valence-corrected chi connectivity index (χ0v) is 16.1. The van der Waals surface area contributed by atoms with Crippen LogP contribution in [-0.4, -0.2) is 23.9 Å². The second-order valence-corrected chi connectivity index (χ2v) is 7.23. The highest BCUT2D eigenvalue weighted by Crippen LogP contribution is 2.40. The minimum absolute atomic E-state index is 0.0638. The topological polar surface area (TPSA) is 82.1 Å². The van der Waals surface area contributed by atoms with E-state index in [1.165, 1.54) is 0 Å². The van der Waals surface area contributed by atoms with Crippen molar-refractivity contribution in [3.8, 4) is 5.75 Å². The van der Waals surface area contributed by atoms with Crippen molar-refractivity contribution in [1.82, 2.24) is 0 Å². The average molecular weight is 392 g/mol. The zero-order valence-electron chi connectivity index (χ0n) is 16.1. The number of ether oxygens (including phenoxy) is 2. The van der Waals surface area contributed by atoms with Gasteiger partial charge in [-0.3, -0.25) is 4.79 Å². The predicted molar refractivity (Wildman–Crippen MR) is 107 cm³/mol. The number of carbonyl (C=O) groups excluding carboxylic acids is 2. The second-order valence-electron chi connectivity index (χ2n) is 7.23. The molecule has 2 heterocycles. The van der Waals surface area contributed by atoms with Gasteiger partial charge in [0.2, 0.25) is 0 Å². The predicted octanol–water partition coefficient (Wildman–Crippen LogP) is 3.70. The molecule has 4 rings (SSSR count). The summed E-state index contributed by atoms with van der Waals surface area (Å²) in [4.78, 5) is 24.6.